The van der Waals surface area contributed by atoms with Gasteiger partial charge in [-0.2, -0.15) is 0 Å². The van der Waals surface area contributed by atoms with Crippen molar-refractivity contribution in [2.24, 2.45) is 5.73 Å². The Bertz CT molecular complexity index is 427. The minimum absolute atomic E-state index is 0.288. The third-order valence-corrected chi connectivity index (χ3v) is 3.16. The van der Waals surface area contributed by atoms with Crippen LogP contribution >= 0.6 is 11.3 Å². The molecule has 0 atom stereocenters. The van der Waals surface area contributed by atoms with E-state index in [1.165, 1.54) is 10.4 Å². The van der Waals surface area contributed by atoms with Crippen molar-refractivity contribution in [1.82, 2.24) is 10.2 Å². The van der Waals surface area contributed by atoms with Gasteiger partial charge in [0.2, 0.25) is 5.89 Å². The van der Waals surface area contributed by atoms with E-state index in [2.05, 4.69) is 24.0 Å². The van der Waals surface area contributed by atoms with Crippen LogP contribution in [0.5, 0.6) is 0 Å². The largest absolute Gasteiger partial charge is 0.419 e. The molecule has 2 aromatic rings. The number of nitrogens with zero attached hydrogens (tertiary/aromatic N) is 2. The van der Waals surface area contributed by atoms with Gasteiger partial charge in [-0.05, 0) is 25.5 Å². The zero-order valence-electron chi connectivity index (χ0n) is 8.07. The summed E-state index contributed by atoms with van der Waals surface area (Å²) in [4.78, 5) is 2.28. The van der Waals surface area contributed by atoms with Crippen molar-refractivity contribution in [3.05, 3.63) is 22.4 Å². The normalized spacial score (nSPS) is 10.8. The maximum atomic E-state index is 5.38. The van der Waals surface area contributed by atoms with Crippen molar-refractivity contribution in [2.75, 3.05) is 0 Å². The van der Waals surface area contributed by atoms with Crippen LogP contribution in [0.2, 0.25) is 0 Å². The minimum Gasteiger partial charge on any atom is -0.419 e. The maximum absolute atomic E-state index is 5.38. The average Bonchev–Trinajstić information content (AvgIpc) is 2.74. The Labute approximate surface area is 85.8 Å². The van der Waals surface area contributed by atoms with Gasteiger partial charge in [0.15, 0.2) is 0 Å². The molecular formula is C9H11N3OS. The average molecular weight is 209 g/mol. The lowest BCUT2D eigenvalue weighted by molar-refractivity contribution is 0.509. The van der Waals surface area contributed by atoms with E-state index >= 15 is 0 Å². The van der Waals surface area contributed by atoms with Gasteiger partial charge < -0.3 is 10.2 Å². The molecule has 0 bridgehead atoms. The van der Waals surface area contributed by atoms with Crippen LogP contribution < -0.4 is 5.73 Å². The fourth-order valence-electron chi connectivity index (χ4n) is 1.11. The molecule has 4 nitrogen and oxygen atoms in total. The van der Waals surface area contributed by atoms with Crippen molar-refractivity contribution in [2.45, 2.75) is 20.4 Å². The van der Waals surface area contributed by atoms with Gasteiger partial charge in [-0.1, -0.05) is 0 Å². The van der Waals surface area contributed by atoms with E-state index in [9.17, 15) is 0 Å². The van der Waals surface area contributed by atoms with Gasteiger partial charge in [0.05, 0.1) is 11.4 Å². The van der Waals surface area contributed by atoms with Crippen LogP contribution in [0.1, 0.15) is 16.3 Å². The molecule has 0 aliphatic heterocycles. The van der Waals surface area contributed by atoms with E-state index in [1.807, 2.05) is 6.07 Å². The Hall–Kier alpha value is -1.20. The molecule has 2 rings (SSSR count). The first-order chi connectivity index (χ1) is 6.70. The summed E-state index contributed by atoms with van der Waals surface area (Å²) in [5, 5.41) is 7.74. The number of aryl methyl sites for hydroxylation is 2. The summed E-state index contributed by atoms with van der Waals surface area (Å²) < 4.78 is 5.35. The van der Waals surface area contributed by atoms with E-state index in [0.29, 0.717) is 11.8 Å². The molecule has 2 N–H and O–H groups in total. The lowest BCUT2D eigenvalue weighted by Crippen LogP contribution is -1.95. The highest BCUT2D eigenvalue weighted by Crippen LogP contribution is 2.29. The molecule has 0 aliphatic rings. The second kappa shape index (κ2) is 3.51. The topological polar surface area (TPSA) is 64.9 Å². The number of hydrogen-bond acceptors (Lipinski definition) is 5. The summed E-state index contributed by atoms with van der Waals surface area (Å²) in [7, 11) is 0. The molecule has 2 heterocycles. The summed E-state index contributed by atoms with van der Waals surface area (Å²) in [6.45, 7) is 4.43. The highest BCUT2D eigenvalue weighted by molar-refractivity contribution is 7.15. The smallest absolute Gasteiger partial charge is 0.257 e. The van der Waals surface area contributed by atoms with E-state index < -0.39 is 0 Å². The molecular weight excluding hydrogens is 198 g/mol. The molecule has 5 heteroatoms. The molecule has 0 aliphatic carbocycles. The molecule has 2 aromatic heterocycles. The zero-order valence-corrected chi connectivity index (χ0v) is 8.89. The predicted octanol–water partition coefficient (Wildman–Crippen LogP) is 1.87. The number of rotatable bonds is 2. The SMILES string of the molecule is Cc1cc(-c2nnc(CN)o2)sc1C. The minimum atomic E-state index is 0.288. The summed E-state index contributed by atoms with van der Waals surface area (Å²) in [6.07, 6.45) is 0. The maximum Gasteiger partial charge on any atom is 0.257 e. The van der Waals surface area contributed by atoms with E-state index in [1.54, 1.807) is 11.3 Å². The van der Waals surface area contributed by atoms with Crippen LogP contribution in [0.15, 0.2) is 10.5 Å². The molecule has 0 saturated carbocycles. The van der Waals surface area contributed by atoms with Crippen molar-refractivity contribution in [1.29, 1.82) is 0 Å². The van der Waals surface area contributed by atoms with Crippen LogP contribution in [0.3, 0.4) is 0 Å². The first kappa shape index (κ1) is 9.36. The van der Waals surface area contributed by atoms with Crippen LogP contribution in [0.4, 0.5) is 0 Å². The van der Waals surface area contributed by atoms with Gasteiger partial charge in [-0.15, -0.1) is 21.5 Å². The molecule has 0 amide bonds. The number of thiophene rings is 1. The van der Waals surface area contributed by atoms with Gasteiger partial charge in [-0.3, -0.25) is 0 Å². The zero-order chi connectivity index (χ0) is 10.1. The van der Waals surface area contributed by atoms with Crippen molar-refractivity contribution < 1.29 is 4.42 Å². The molecule has 0 radical (unpaired) electrons. The Morgan fingerprint density at radius 3 is 2.71 bits per heavy atom. The van der Waals surface area contributed by atoms with Crippen LogP contribution in [0, 0.1) is 13.8 Å². The molecule has 0 unspecified atom stereocenters. The second-order valence-corrected chi connectivity index (χ2v) is 4.31. The molecule has 0 spiro atoms. The first-order valence-corrected chi connectivity index (χ1v) is 5.12. The summed E-state index contributed by atoms with van der Waals surface area (Å²) in [5.41, 5.74) is 6.63. The van der Waals surface area contributed by atoms with Gasteiger partial charge in [0.25, 0.3) is 5.89 Å². The lowest BCUT2D eigenvalue weighted by atomic mass is 10.3. The van der Waals surface area contributed by atoms with Crippen molar-refractivity contribution in [3.63, 3.8) is 0 Å². The molecule has 0 saturated heterocycles. The lowest BCUT2D eigenvalue weighted by Gasteiger charge is -1.85. The summed E-state index contributed by atoms with van der Waals surface area (Å²) in [6, 6.07) is 2.05. The Balaban J connectivity index is 2.39. The quantitative estimate of drug-likeness (QED) is 0.820. The predicted molar refractivity (Wildman–Crippen MR) is 55.0 cm³/mol. The van der Waals surface area contributed by atoms with Gasteiger partial charge in [0.1, 0.15) is 0 Å². The summed E-state index contributed by atoms with van der Waals surface area (Å²) in [5.74, 6) is 1.04. The van der Waals surface area contributed by atoms with Gasteiger partial charge in [-0.25, -0.2) is 0 Å². The fraction of sp³-hybridized carbons (Fsp3) is 0.333. The molecule has 0 aromatic carbocycles. The first-order valence-electron chi connectivity index (χ1n) is 4.30. The number of hydrogen-bond donors (Lipinski definition) is 1. The Kier molecular flexibility index (Phi) is 2.35. The summed E-state index contributed by atoms with van der Waals surface area (Å²) >= 11 is 1.65. The van der Waals surface area contributed by atoms with Crippen LogP contribution in [-0.2, 0) is 6.54 Å². The standard InChI is InChI=1S/C9H11N3OS/c1-5-3-7(14-6(5)2)9-12-11-8(4-10)13-9/h3H,4,10H2,1-2H3. The van der Waals surface area contributed by atoms with Gasteiger partial charge >= 0.3 is 0 Å². The molecule has 74 valence electrons. The van der Waals surface area contributed by atoms with Crippen LogP contribution in [0.25, 0.3) is 10.8 Å². The van der Waals surface area contributed by atoms with Crippen LogP contribution in [-0.4, -0.2) is 10.2 Å². The Morgan fingerprint density at radius 1 is 1.43 bits per heavy atom. The van der Waals surface area contributed by atoms with Crippen molar-refractivity contribution in [3.8, 4) is 10.8 Å². The van der Waals surface area contributed by atoms with E-state index in [-0.39, 0.29) is 6.54 Å². The third kappa shape index (κ3) is 1.56. The Morgan fingerprint density at radius 2 is 2.21 bits per heavy atom. The highest BCUT2D eigenvalue weighted by Gasteiger charge is 2.10. The van der Waals surface area contributed by atoms with E-state index in [0.717, 1.165) is 4.88 Å². The number of aromatic nitrogens is 2. The molecule has 0 fully saturated rings. The fourth-order valence-corrected chi connectivity index (χ4v) is 2.07. The van der Waals surface area contributed by atoms with Gasteiger partial charge in [0, 0.05) is 4.88 Å². The third-order valence-electron chi connectivity index (χ3n) is 2.02. The highest BCUT2D eigenvalue weighted by atomic mass is 32.1. The van der Waals surface area contributed by atoms with E-state index in [4.69, 9.17) is 10.2 Å². The number of nitrogens with two attached hydrogens (primary N) is 1. The second-order valence-electron chi connectivity index (χ2n) is 3.05. The van der Waals surface area contributed by atoms with Crippen molar-refractivity contribution >= 4 is 11.3 Å². The molecule has 14 heavy (non-hydrogen) atoms. The monoisotopic (exact) mass is 209 g/mol.